The summed E-state index contributed by atoms with van der Waals surface area (Å²) in [6, 6.07) is 7.37. The molecule has 2 heterocycles. The van der Waals surface area contributed by atoms with Crippen molar-refractivity contribution in [2.75, 3.05) is 31.7 Å². The van der Waals surface area contributed by atoms with E-state index in [4.69, 9.17) is 9.84 Å². The molecule has 0 spiro atoms. The summed E-state index contributed by atoms with van der Waals surface area (Å²) in [5.41, 5.74) is 0.805. The maximum Gasteiger partial charge on any atom is 0.230 e. The fourth-order valence-corrected chi connectivity index (χ4v) is 3.54. The van der Waals surface area contributed by atoms with Crippen LogP contribution in [0.1, 0.15) is 10.6 Å². The van der Waals surface area contributed by atoms with E-state index in [2.05, 4.69) is 20.3 Å². The van der Waals surface area contributed by atoms with Crippen LogP contribution in [0.5, 0.6) is 5.88 Å². The van der Waals surface area contributed by atoms with E-state index in [0.29, 0.717) is 11.8 Å². The zero-order valence-electron chi connectivity index (χ0n) is 15.7. The summed E-state index contributed by atoms with van der Waals surface area (Å²) in [4.78, 5) is 13.3. The van der Waals surface area contributed by atoms with Crippen LogP contribution in [0, 0.1) is 6.92 Å². The number of hydrogen-bond donors (Lipinski definition) is 5. The van der Waals surface area contributed by atoms with Crippen molar-refractivity contribution in [3.8, 4) is 16.3 Å². The van der Waals surface area contributed by atoms with Gasteiger partial charge in [-0.1, -0.05) is 6.07 Å². The molecule has 3 aromatic rings. The number of thiazole rings is 1. The van der Waals surface area contributed by atoms with Crippen LogP contribution in [0.15, 0.2) is 36.7 Å². The maximum absolute atomic E-state index is 10.2. The zero-order chi connectivity index (χ0) is 20.9. The highest BCUT2D eigenvalue weighted by Gasteiger charge is 2.31. The standard InChI is InChI=1S/C19H22N4O5S/c1-12-6-13(15-9-21-17(29-15)19(27,10-25)11-26)8-14(7-12)22-18-20-3-2-16(23-18)28-5-4-24/h2-3,6-9,24-27H,4-5,10-11H2,1H3,(H,20,22,23). The Balaban J connectivity index is 1.85. The zero-order valence-corrected chi connectivity index (χ0v) is 16.6. The molecule has 0 aliphatic carbocycles. The van der Waals surface area contributed by atoms with Gasteiger partial charge in [0.05, 0.1) is 24.7 Å². The Bertz CT molecular complexity index is 961. The van der Waals surface area contributed by atoms with E-state index >= 15 is 0 Å². The average molecular weight is 418 g/mol. The molecular formula is C19H22N4O5S. The Labute approximate surface area is 171 Å². The second-order valence-electron chi connectivity index (χ2n) is 6.38. The molecule has 10 heteroatoms. The van der Waals surface area contributed by atoms with Crippen molar-refractivity contribution in [1.82, 2.24) is 15.0 Å². The van der Waals surface area contributed by atoms with Gasteiger partial charge in [-0.3, -0.25) is 0 Å². The number of nitrogens with zero attached hydrogens (tertiary/aromatic N) is 3. The summed E-state index contributed by atoms with van der Waals surface area (Å²) in [6.45, 7) is 0.738. The van der Waals surface area contributed by atoms with Crippen LogP contribution in [0.4, 0.5) is 11.6 Å². The van der Waals surface area contributed by atoms with Gasteiger partial charge in [0.25, 0.3) is 0 Å². The molecule has 0 saturated carbocycles. The van der Waals surface area contributed by atoms with E-state index < -0.39 is 18.8 Å². The molecule has 0 saturated heterocycles. The predicted octanol–water partition coefficient (Wildman–Crippen LogP) is 1.20. The minimum absolute atomic E-state index is 0.105. The van der Waals surface area contributed by atoms with Crippen LogP contribution in [0.3, 0.4) is 0 Å². The minimum atomic E-state index is -1.77. The molecule has 0 bridgehead atoms. The van der Waals surface area contributed by atoms with E-state index in [-0.39, 0.29) is 18.2 Å². The topological polar surface area (TPSA) is 141 Å². The van der Waals surface area contributed by atoms with Crippen LogP contribution in [0.25, 0.3) is 10.4 Å². The number of aliphatic hydroxyl groups is 4. The van der Waals surface area contributed by atoms with Gasteiger partial charge in [0.15, 0.2) is 5.60 Å². The van der Waals surface area contributed by atoms with Crippen molar-refractivity contribution in [2.45, 2.75) is 12.5 Å². The van der Waals surface area contributed by atoms with Crippen molar-refractivity contribution in [3.05, 3.63) is 47.2 Å². The molecule has 3 rings (SSSR count). The highest BCUT2D eigenvalue weighted by atomic mass is 32.1. The second-order valence-corrected chi connectivity index (χ2v) is 7.41. The third-order valence-corrected chi connectivity index (χ3v) is 5.26. The summed E-state index contributed by atoms with van der Waals surface area (Å²) in [5.74, 6) is 0.695. The molecule has 2 aromatic heterocycles. The van der Waals surface area contributed by atoms with Gasteiger partial charge in [0.2, 0.25) is 11.8 Å². The lowest BCUT2D eigenvalue weighted by molar-refractivity contribution is -0.0599. The molecule has 0 radical (unpaired) electrons. The van der Waals surface area contributed by atoms with E-state index in [1.165, 1.54) is 11.3 Å². The van der Waals surface area contributed by atoms with Gasteiger partial charge in [-0.05, 0) is 30.2 Å². The first kappa shape index (κ1) is 21.1. The summed E-state index contributed by atoms with van der Waals surface area (Å²) in [7, 11) is 0. The Hall–Kier alpha value is -2.63. The highest BCUT2D eigenvalue weighted by Crippen LogP contribution is 2.34. The van der Waals surface area contributed by atoms with Crippen molar-refractivity contribution in [2.24, 2.45) is 0 Å². The largest absolute Gasteiger partial charge is 0.475 e. The predicted molar refractivity (Wildman–Crippen MR) is 108 cm³/mol. The quantitative estimate of drug-likeness (QED) is 0.346. The number of anilines is 2. The lowest BCUT2D eigenvalue weighted by atomic mass is 10.1. The molecule has 0 amide bonds. The van der Waals surface area contributed by atoms with Crippen LogP contribution in [0.2, 0.25) is 0 Å². The van der Waals surface area contributed by atoms with Crippen molar-refractivity contribution >= 4 is 23.0 Å². The number of benzene rings is 1. The van der Waals surface area contributed by atoms with E-state index in [0.717, 1.165) is 21.7 Å². The number of hydrogen-bond acceptors (Lipinski definition) is 10. The van der Waals surface area contributed by atoms with E-state index in [9.17, 15) is 15.3 Å². The van der Waals surface area contributed by atoms with Crippen molar-refractivity contribution in [1.29, 1.82) is 0 Å². The Morgan fingerprint density at radius 1 is 1.14 bits per heavy atom. The number of aromatic nitrogens is 3. The van der Waals surface area contributed by atoms with E-state index in [1.54, 1.807) is 18.5 Å². The summed E-state index contributed by atoms with van der Waals surface area (Å²) in [6.07, 6.45) is 3.15. The monoisotopic (exact) mass is 418 g/mol. The van der Waals surface area contributed by atoms with Crippen molar-refractivity contribution < 1.29 is 25.2 Å². The first-order chi connectivity index (χ1) is 14.0. The summed E-state index contributed by atoms with van der Waals surface area (Å²) < 4.78 is 5.29. The maximum atomic E-state index is 10.2. The Morgan fingerprint density at radius 3 is 2.66 bits per heavy atom. The molecule has 0 unspecified atom stereocenters. The number of aliphatic hydroxyl groups excluding tert-OH is 3. The van der Waals surface area contributed by atoms with Gasteiger partial charge in [-0.25, -0.2) is 9.97 Å². The average Bonchev–Trinajstić information content (AvgIpc) is 3.22. The third-order valence-electron chi connectivity index (χ3n) is 4.02. The number of aryl methyl sites for hydroxylation is 1. The lowest BCUT2D eigenvalue weighted by Crippen LogP contribution is -2.34. The SMILES string of the molecule is Cc1cc(Nc2nccc(OCCO)n2)cc(-c2cnc(C(O)(CO)CO)s2)c1. The molecule has 1 aromatic carbocycles. The summed E-state index contributed by atoms with van der Waals surface area (Å²) >= 11 is 1.19. The molecule has 0 aliphatic rings. The molecular weight excluding hydrogens is 396 g/mol. The number of nitrogens with one attached hydrogen (secondary N) is 1. The number of ether oxygens (including phenoxy) is 1. The van der Waals surface area contributed by atoms with Gasteiger partial charge in [0, 0.05) is 24.1 Å². The van der Waals surface area contributed by atoms with Crippen LogP contribution in [-0.4, -0.2) is 61.8 Å². The van der Waals surface area contributed by atoms with E-state index in [1.807, 2.05) is 25.1 Å². The second kappa shape index (κ2) is 9.25. The summed E-state index contributed by atoms with van der Waals surface area (Å²) in [5, 5.41) is 41.2. The highest BCUT2D eigenvalue weighted by molar-refractivity contribution is 7.15. The van der Waals surface area contributed by atoms with Crippen molar-refractivity contribution in [3.63, 3.8) is 0 Å². The molecule has 9 nitrogen and oxygen atoms in total. The molecule has 29 heavy (non-hydrogen) atoms. The van der Waals surface area contributed by atoms with Crippen LogP contribution < -0.4 is 10.1 Å². The van der Waals surface area contributed by atoms with Gasteiger partial charge in [0.1, 0.15) is 11.6 Å². The van der Waals surface area contributed by atoms with Gasteiger partial charge >= 0.3 is 0 Å². The normalized spacial score (nSPS) is 11.5. The molecule has 0 fully saturated rings. The molecule has 154 valence electrons. The fraction of sp³-hybridized carbons (Fsp3) is 0.316. The van der Waals surface area contributed by atoms with Gasteiger partial charge in [-0.2, -0.15) is 4.98 Å². The molecule has 0 aliphatic heterocycles. The van der Waals surface area contributed by atoms with Crippen LogP contribution >= 0.6 is 11.3 Å². The first-order valence-electron chi connectivity index (χ1n) is 8.83. The lowest BCUT2D eigenvalue weighted by Gasteiger charge is -2.19. The van der Waals surface area contributed by atoms with Gasteiger partial charge < -0.3 is 30.5 Å². The number of rotatable bonds is 9. The fourth-order valence-electron chi connectivity index (χ4n) is 2.57. The third kappa shape index (κ3) is 5.05. The Morgan fingerprint density at radius 2 is 1.93 bits per heavy atom. The Kier molecular flexibility index (Phi) is 6.72. The van der Waals surface area contributed by atoms with Gasteiger partial charge in [-0.15, -0.1) is 11.3 Å². The molecule has 0 atom stereocenters. The first-order valence-corrected chi connectivity index (χ1v) is 9.65. The minimum Gasteiger partial charge on any atom is -0.475 e. The molecule has 5 N–H and O–H groups in total. The smallest absolute Gasteiger partial charge is 0.230 e. The van der Waals surface area contributed by atoms with Crippen LogP contribution in [-0.2, 0) is 5.60 Å².